The van der Waals surface area contributed by atoms with Gasteiger partial charge in [0, 0.05) is 35.4 Å². The van der Waals surface area contributed by atoms with Crippen LogP contribution < -0.4 is 9.13 Å². The highest BCUT2D eigenvalue weighted by atomic mass is 14.9. The van der Waals surface area contributed by atoms with Gasteiger partial charge in [-0.2, -0.15) is 0 Å². The lowest BCUT2D eigenvalue weighted by Crippen LogP contribution is -2.34. The van der Waals surface area contributed by atoms with Crippen LogP contribution in [0.5, 0.6) is 0 Å². The summed E-state index contributed by atoms with van der Waals surface area (Å²) in [5, 5.41) is 2.53. The van der Waals surface area contributed by atoms with Crippen molar-refractivity contribution in [1.29, 1.82) is 0 Å². The lowest BCUT2D eigenvalue weighted by molar-refractivity contribution is -0.689. The number of benzene rings is 3. The van der Waals surface area contributed by atoms with Crippen LogP contribution in [0.3, 0.4) is 0 Å². The Labute approximate surface area is 200 Å². The standard InChI is InChI=1S/C32H26N2/c1-3-29-4-2-6-31-14-12-26-17-21-34(22-18-26)24-28-9-7-27(8-10-28)23-33-19-15-25(16-20-33)11-13-30(5-1)32(29)31/h1-22H,23-24H2/q+2/b13-11+,14-12+. The second kappa shape index (κ2) is 8.92. The molecule has 0 fully saturated rings. The van der Waals surface area contributed by atoms with E-state index < -0.39 is 0 Å². The third kappa shape index (κ3) is 4.31. The molecule has 2 heteroatoms. The van der Waals surface area contributed by atoms with Crippen LogP contribution in [0.1, 0.15) is 33.4 Å². The van der Waals surface area contributed by atoms with Crippen LogP contribution in [-0.4, -0.2) is 0 Å². The smallest absolute Gasteiger partial charge is 0.173 e. The van der Waals surface area contributed by atoms with E-state index in [-0.39, 0.29) is 0 Å². The molecular weight excluding hydrogens is 412 g/mol. The molecule has 0 N–H and O–H groups in total. The maximum Gasteiger partial charge on any atom is 0.173 e. The van der Waals surface area contributed by atoms with Gasteiger partial charge in [0.25, 0.3) is 0 Å². The Morgan fingerprint density at radius 3 is 1.32 bits per heavy atom. The molecule has 0 aliphatic carbocycles. The molecule has 2 aromatic heterocycles. The van der Waals surface area contributed by atoms with E-state index >= 15 is 0 Å². The van der Waals surface area contributed by atoms with Crippen LogP contribution in [0.4, 0.5) is 0 Å². The molecule has 0 radical (unpaired) electrons. The largest absolute Gasteiger partial charge is 0.201 e. The average Bonchev–Trinajstić information content (AvgIpc) is 2.88. The molecule has 0 unspecified atom stereocenters. The van der Waals surface area contributed by atoms with E-state index in [9.17, 15) is 0 Å². The molecule has 7 heterocycles. The van der Waals surface area contributed by atoms with Crippen molar-refractivity contribution in [2.45, 2.75) is 13.1 Å². The first-order valence-electron chi connectivity index (χ1n) is 11.7. The fraction of sp³-hybridized carbons (Fsp3) is 0.0625. The maximum absolute atomic E-state index is 2.23. The van der Waals surface area contributed by atoms with Gasteiger partial charge in [-0.15, -0.1) is 0 Å². The highest BCUT2D eigenvalue weighted by Gasteiger charge is 2.07. The molecule has 2 nitrogen and oxygen atoms in total. The zero-order valence-corrected chi connectivity index (χ0v) is 19.0. The van der Waals surface area contributed by atoms with Crippen molar-refractivity contribution < 1.29 is 9.13 Å². The van der Waals surface area contributed by atoms with Crippen molar-refractivity contribution in [1.82, 2.24) is 0 Å². The van der Waals surface area contributed by atoms with Crippen molar-refractivity contribution in [2.24, 2.45) is 0 Å². The molecule has 162 valence electrons. The van der Waals surface area contributed by atoms with Gasteiger partial charge in [-0.05, 0) is 33.0 Å². The van der Waals surface area contributed by atoms with Crippen molar-refractivity contribution in [3.8, 4) is 0 Å². The van der Waals surface area contributed by atoms with Crippen molar-refractivity contribution in [2.75, 3.05) is 0 Å². The van der Waals surface area contributed by atoms with Crippen LogP contribution >= 0.6 is 0 Å². The lowest BCUT2D eigenvalue weighted by atomic mass is 9.98. The Hall–Kier alpha value is -4.30. The number of nitrogens with zero attached hydrogens (tertiary/aromatic N) is 2. The number of hydrogen-bond acceptors (Lipinski definition) is 0. The number of fused-ring (bicyclic) bond motifs is 1. The molecule has 6 bridgehead atoms. The van der Waals surface area contributed by atoms with E-state index in [0.717, 1.165) is 13.1 Å². The summed E-state index contributed by atoms with van der Waals surface area (Å²) >= 11 is 0. The van der Waals surface area contributed by atoms with Gasteiger partial charge >= 0.3 is 0 Å². The summed E-state index contributed by atoms with van der Waals surface area (Å²) < 4.78 is 4.45. The Kier molecular flexibility index (Phi) is 5.33. The summed E-state index contributed by atoms with van der Waals surface area (Å²) in [5.74, 6) is 0. The number of hydrogen-bond donors (Lipinski definition) is 0. The van der Waals surface area contributed by atoms with Gasteiger partial charge in [0.1, 0.15) is 0 Å². The molecule has 34 heavy (non-hydrogen) atoms. The lowest BCUT2D eigenvalue weighted by Gasteiger charge is -2.07. The first-order valence-corrected chi connectivity index (χ1v) is 11.7. The number of pyridine rings is 2. The quantitative estimate of drug-likeness (QED) is 0.251. The van der Waals surface area contributed by atoms with E-state index in [1.807, 2.05) is 0 Å². The molecule has 0 atom stereocenters. The van der Waals surface area contributed by atoms with E-state index in [0.29, 0.717) is 0 Å². The first-order chi connectivity index (χ1) is 16.8. The molecule has 0 amide bonds. The Morgan fingerprint density at radius 2 is 0.882 bits per heavy atom. The zero-order valence-electron chi connectivity index (χ0n) is 19.0. The fourth-order valence-corrected chi connectivity index (χ4v) is 4.59. The molecule has 5 aromatic rings. The predicted molar refractivity (Wildman–Crippen MR) is 140 cm³/mol. The van der Waals surface area contributed by atoms with Gasteiger partial charge < -0.3 is 0 Å². The Morgan fingerprint density at radius 1 is 0.441 bits per heavy atom. The van der Waals surface area contributed by atoms with E-state index in [1.54, 1.807) is 0 Å². The van der Waals surface area contributed by atoms with Gasteiger partial charge in [-0.3, -0.25) is 0 Å². The zero-order chi connectivity index (χ0) is 22.7. The van der Waals surface area contributed by atoms with Crippen molar-refractivity contribution >= 4 is 35.1 Å². The van der Waals surface area contributed by atoms with Crippen LogP contribution in [-0.2, 0) is 13.1 Å². The van der Waals surface area contributed by atoms with Gasteiger partial charge in [0.2, 0.25) is 0 Å². The maximum atomic E-state index is 2.23. The van der Waals surface area contributed by atoms with Crippen molar-refractivity contribution in [3.63, 3.8) is 0 Å². The predicted octanol–water partition coefficient (Wildman–Crippen LogP) is 6.17. The second-order valence-electron chi connectivity index (χ2n) is 8.88. The molecule has 5 aliphatic rings. The minimum Gasteiger partial charge on any atom is -0.201 e. The monoisotopic (exact) mass is 438 g/mol. The van der Waals surface area contributed by atoms with E-state index in [4.69, 9.17) is 0 Å². The minimum atomic E-state index is 0.866. The number of aromatic nitrogens is 2. The Bertz CT molecular complexity index is 1390. The summed E-state index contributed by atoms with van der Waals surface area (Å²) in [4.78, 5) is 0. The summed E-state index contributed by atoms with van der Waals surface area (Å²) in [6.45, 7) is 1.73. The summed E-state index contributed by atoms with van der Waals surface area (Å²) in [7, 11) is 0. The summed E-state index contributed by atoms with van der Waals surface area (Å²) in [6, 6.07) is 30.7. The molecule has 5 aliphatic heterocycles. The van der Waals surface area contributed by atoms with Gasteiger partial charge in [0.05, 0.1) is 0 Å². The fourth-order valence-electron chi connectivity index (χ4n) is 4.59. The topological polar surface area (TPSA) is 7.76 Å². The van der Waals surface area contributed by atoms with Crippen LogP contribution in [0.2, 0.25) is 0 Å². The highest BCUT2D eigenvalue weighted by Crippen LogP contribution is 2.26. The minimum absolute atomic E-state index is 0.866. The molecule has 3 aromatic carbocycles. The highest BCUT2D eigenvalue weighted by molar-refractivity contribution is 5.99. The third-order valence-corrected chi connectivity index (χ3v) is 6.47. The number of rotatable bonds is 0. The van der Waals surface area contributed by atoms with E-state index in [1.165, 1.54) is 44.2 Å². The molecule has 0 saturated heterocycles. The normalized spacial score (nSPS) is 14.7. The molecule has 10 rings (SSSR count). The summed E-state index contributed by atoms with van der Waals surface area (Å²) in [6.07, 6.45) is 17.5. The van der Waals surface area contributed by atoms with Crippen LogP contribution in [0.25, 0.3) is 35.1 Å². The first kappa shape index (κ1) is 20.3. The van der Waals surface area contributed by atoms with Gasteiger partial charge in [-0.25, -0.2) is 9.13 Å². The van der Waals surface area contributed by atoms with Crippen LogP contribution in [0, 0.1) is 0 Å². The van der Waals surface area contributed by atoms with Gasteiger partial charge in [-0.1, -0.05) is 85.0 Å². The molecule has 0 saturated carbocycles. The molecular formula is C32H26N2+2. The van der Waals surface area contributed by atoms with Crippen molar-refractivity contribution in [3.05, 3.63) is 143 Å². The van der Waals surface area contributed by atoms with E-state index in [2.05, 4.69) is 143 Å². The molecule has 0 spiro atoms. The third-order valence-electron chi connectivity index (χ3n) is 6.47. The SMILES string of the molecule is C1=C/c2cccc3cccc(c23)/C=C/c2cc[n+](cc2)Cc2ccc(cc2)C[n+]2ccc/1cc2. The Balaban J connectivity index is 1.47. The summed E-state index contributed by atoms with van der Waals surface area (Å²) in [5.41, 5.74) is 7.45. The second-order valence-corrected chi connectivity index (χ2v) is 8.88. The van der Waals surface area contributed by atoms with Gasteiger partial charge in [0.15, 0.2) is 37.9 Å². The average molecular weight is 439 g/mol. The van der Waals surface area contributed by atoms with Crippen LogP contribution in [0.15, 0.2) is 110 Å².